The first-order chi connectivity index (χ1) is 6.02. The zero-order chi connectivity index (χ0) is 9.90. The van der Waals surface area contributed by atoms with Crippen LogP contribution in [0.5, 0.6) is 0 Å². The smallest absolute Gasteiger partial charge is 0.334 e. The Bertz CT molecular complexity index is 283. The summed E-state index contributed by atoms with van der Waals surface area (Å²) in [6.45, 7) is 1.04. The second-order valence-electron chi connectivity index (χ2n) is 2.40. The van der Waals surface area contributed by atoms with Crippen LogP contribution in [0.3, 0.4) is 0 Å². The molecule has 8 heteroatoms. The number of carbonyl (C=O) groups is 1. The van der Waals surface area contributed by atoms with E-state index in [4.69, 9.17) is 0 Å². The van der Waals surface area contributed by atoms with Crippen LogP contribution in [0.25, 0.3) is 0 Å². The van der Waals surface area contributed by atoms with Gasteiger partial charge in [0.25, 0.3) is 0 Å². The minimum absolute atomic E-state index is 0.278. The molecule has 6 nitrogen and oxygen atoms in total. The summed E-state index contributed by atoms with van der Waals surface area (Å²) < 4.78 is 25.7. The summed E-state index contributed by atoms with van der Waals surface area (Å²) in [4.78, 5) is 10.2. The van der Waals surface area contributed by atoms with E-state index in [1.165, 1.54) is 11.8 Å². The second kappa shape index (κ2) is 4.16. The van der Waals surface area contributed by atoms with Crippen LogP contribution in [0.1, 0.15) is 0 Å². The van der Waals surface area contributed by atoms with E-state index < -0.39 is 20.8 Å². The van der Waals surface area contributed by atoms with Gasteiger partial charge in [-0.25, -0.2) is 4.79 Å². The number of hydrogen-bond donors (Lipinski definition) is 2. The quantitative estimate of drug-likeness (QED) is 0.590. The lowest BCUT2D eigenvalue weighted by molar-refractivity contribution is 0.212. The van der Waals surface area contributed by atoms with E-state index >= 15 is 0 Å². The van der Waals surface area contributed by atoms with Crippen molar-refractivity contribution in [1.29, 1.82) is 0 Å². The van der Waals surface area contributed by atoms with E-state index in [1.807, 2.05) is 0 Å². The normalized spacial score (nSPS) is 23.8. The average Bonchev–Trinajstić information content (AvgIpc) is 2.04. The van der Waals surface area contributed by atoms with Gasteiger partial charge in [0.15, 0.2) is 4.58 Å². The summed E-state index contributed by atoms with van der Waals surface area (Å²) in [5.41, 5.74) is 4.62. The number of rotatable bonds is 2. The van der Waals surface area contributed by atoms with Gasteiger partial charge in [-0.1, -0.05) is 0 Å². The molecule has 0 aromatic heterocycles. The Morgan fingerprint density at radius 2 is 2.31 bits per heavy atom. The van der Waals surface area contributed by atoms with Gasteiger partial charge in [0.2, 0.25) is 0 Å². The molecule has 13 heavy (non-hydrogen) atoms. The predicted molar refractivity (Wildman–Crippen MR) is 48.7 cm³/mol. The zero-order valence-electron chi connectivity index (χ0n) is 6.73. The summed E-state index contributed by atoms with van der Waals surface area (Å²) in [5, 5.41) is 2.88. The number of primary amides is 1. The molecule has 0 bridgehead atoms. The van der Waals surface area contributed by atoms with Gasteiger partial charge in [0, 0.05) is 18.8 Å². The van der Waals surface area contributed by atoms with Crippen LogP contribution in [-0.2, 0) is 14.3 Å². The third-order valence-electron chi connectivity index (χ3n) is 1.41. The molecule has 1 heterocycles. The van der Waals surface area contributed by atoms with E-state index in [1.54, 1.807) is 0 Å². The minimum Gasteiger partial charge on any atom is -0.334 e. The third-order valence-corrected chi connectivity index (χ3v) is 4.71. The number of amides is 1. The van der Waals surface area contributed by atoms with Crippen LogP contribution >= 0.6 is 11.8 Å². The Hall–Kier alpha value is -0.470. The minimum atomic E-state index is -3.86. The highest BCUT2D eigenvalue weighted by Crippen LogP contribution is 2.20. The standard InChI is InChI=1S/C5H10N2O4S2/c6-5(8)11-13(9,10)4-3-7-1-2-12-4/h4,7H,1-3H2,(H2,6,8). The van der Waals surface area contributed by atoms with Crippen molar-refractivity contribution in [3.63, 3.8) is 0 Å². The Morgan fingerprint density at radius 1 is 1.62 bits per heavy atom. The maximum atomic E-state index is 11.2. The first-order valence-electron chi connectivity index (χ1n) is 3.57. The molecule has 0 aromatic rings. The molecule has 76 valence electrons. The van der Waals surface area contributed by atoms with Gasteiger partial charge < -0.3 is 15.2 Å². The van der Waals surface area contributed by atoms with E-state index in [2.05, 4.69) is 15.2 Å². The Balaban J connectivity index is 2.62. The molecule has 1 saturated heterocycles. The summed E-state index contributed by atoms with van der Waals surface area (Å²) in [7, 11) is -3.86. The number of nitrogens with one attached hydrogen (secondary N) is 1. The highest BCUT2D eigenvalue weighted by atomic mass is 32.3. The van der Waals surface area contributed by atoms with Crippen LogP contribution in [-0.4, -0.2) is 37.9 Å². The lowest BCUT2D eigenvalue weighted by atomic mass is 10.6. The van der Waals surface area contributed by atoms with Crippen molar-refractivity contribution < 1.29 is 17.4 Å². The van der Waals surface area contributed by atoms with Crippen LogP contribution in [0.15, 0.2) is 0 Å². The topological polar surface area (TPSA) is 98.5 Å². The third kappa shape index (κ3) is 3.05. The summed E-state index contributed by atoms with van der Waals surface area (Å²) in [6.07, 6.45) is -1.29. The van der Waals surface area contributed by atoms with Crippen molar-refractivity contribution >= 4 is 28.0 Å². The number of carbonyl (C=O) groups excluding carboxylic acids is 1. The van der Waals surface area contributed by atoms with Gasteiger partial charge in [-0.15, -0.1) is 11.8 Å². The van der Waals surface area contributed by atoms with E-state index in [0.29, 0.717) is 5.75 Å². The van der Waals surface area contributed by atoms with E-state index in [9.17, 15) is 13.2 Å². The number of hydrogen-bond acceptors (Lipinski definition) is 6. The maximum absolute atomic E-state index is 11.2. The van der Waals surface area contributed by atoms with Gasteiger partial charge in [-0.05, 0) is 0 Å². The molecule has 1 fully saturated rings. The molecule has 1 rings (SSSR count). The molecule has 1 aliphatic heterocycles. The monoisotopic (exact) mass is 226 g/mol. The summed E-state index contributed by atoms with van der Waals surface area (Å²) in [5.74, 6) is 0.673. The molecule has 1 unspecified atom stereocenters. The maximum Gasteiger partial charge on any atom is 0.420 e. The van der Waals surface area contributed by atoms with Crippen molar-refractivity contribution in [2.45, 2.75) is 4.58 Å². The fourth-order valence-corrected chi connectivity index (χ4v) is 3.39. The molecule has 1 aliphatic rings. The van der Waals surface area contributed by atoms with Gasteiger partial charge in [-0.3, -0.25) is 0 Å². The fraction of sp³-hybridized carbons (Fsp3) is 0.800. The molecule has 1 atom stereocenters. The first-order valence-corrected chi connectivity index (χ1v) is 6.09. The van der Waals surface area contributed by atoms with Gasteiger partial charge in [0.1, 0.15) is 0 Å². The van der Waals surface area contributed by atoms with Crippen LogP contribution in [0, 0.1) is 0 Å². The predicted octanol–water partition coefficient (Wildman–Crippen LogP) is -0.926. The van der Waals surface area contributed by atoms with Gasteiger partial charge in [-0.2, -0.15) is 8.42 Å². The van der Waals surface area contributed by atoms with Crippen LogP contribution in [0.2, 0.25) is 0 Å². The van der Waals surface area contributed by atoms with Crippen molar-refractivity contribution in [2.24, 2.45) is 5.73 Å². The first kappa shape index (κ1) is 10.6. The average molecular weight is 226 g/mol. The lowest BCUT2D eigenvalue weighted by Gasteiger charge is -2.20. The molecule has 3 N–H and O–H groups in total. The van der Waals surface area contributed by atoms with E-state index in [-0.39, 0.29) is 6.54 Å². The van der Waals surface area contributed by atoms with Gasteiger partial charge in [0.05, 0.1) is 0 Å². The molecule has 0 aliphatic carbocycles. The Kier molecular flexibility index (Phi) is 3.40. The SMILES string of the molecule is NC(=O)OS(=O)(=O)C1CNCCS1. The second-order valence-corrected chi connectivity index (χ2v) is 5.73. The molecule has 0 spiro atoms. The molecule has 0 saturated carbocycles. The Morgan fingerprint density at radius 3 is 2.77 bits per heavy atom. The molecular formula is C5H10N2O4S2. The molecule has 0 aromatic carbocycles. The molecule has 0 radical (unpaired) electrons. The Labute approximate surface area is 80.3 Å². The van der Waals surface area contributed by atoms with E-state index in [0.717, 1.165) is 6.54 Å². The van der Waals surface area contributed by atoms with Crippen LogP contribution < -0.4 is 11.1 Å². The number of thioether (sulfide) groups is 1. The fourth-order valence-electron chi connectivity index (χ4n) is 0.895. The molecular weight excluding hydrogens is 216 g/mol. The molecule has 1 amide bonds. The summed E-state index contributed by atoms with van der Waals surface area (Å²) in [6, 6.07) is 0. The highest BCUT2D eigenvalue weighted by molar-refractivity contribution is 8.12. The van der Waals surface area contributed by atoms with Crippen LogP contribution in [0.4, 0.5) is 4.79 Å². The van der Waals surface area contributed by atoms with Gasteiger partial charge >= 0.3 is 16.2 Å². The zero-order valence-corrected chi connectivity index (χ0v) is 8.36. The van der Waals surface area contributed by atoms with Crippen molar-refractivity contribution in [3.8, 4) is 0 Å². The van der Waals surface area contributed by atoms with Crippen molar-refractivity contribution in [2.75, 3.05) is 18.8 Å². The van der Waals surface area contributed by atoms with Crippen molar-refractivity contribution in [1.82, 2.24) is 5.32 Å². The largest absolute Gasteiger partial charge is 0.420 e. The summed E-state index contributed by atoms with van der Waals surface area (Å²) >= 11 is 1.23. The highest BCUT2D eigenvalue weighted by Gasteiger charge is 2.30. The number of nitrogens with two attached hydrogens (primary N) is 1. The lowest BCUT2D eigenvalue weighted by Crippen LogP contribution is -2.39. The van der Waals surface area contributed by atoms with Crippen molar-refractivity contribution in [3.05, 3.63) is 0 Å².